The van der Waals surface area contributed by atoms with E-state index in [1.165, 1.54) is 12.8 Å². The van der Waals surface area contributed by atoms with Crippen LogP contribution in [0.1, 0.15) is 32.6 Å². The van der Waals surface area contributed by atoms with Crippen molar-refractivity contribution in [3.63, 3.8) is 0 Å². The molecular formula is C11H19NO2. The summed E-state index contributed by atoms with van der Waals surface area (Å²) < 4.78 is 5.54. The van der Waals surface area contributed by atoms with Gasteiger partial charge in [0.05, 0.1) is 13.2 Å². The molecule has 1 spiro atoms. The van der Waals surface area contributed by atoms with Crippen LogP contribution in [0.5, 0.6) is 0 Å². The first kappa shape index (κ1) is 9.97. The van der Waals surface area contributed by atoms with E-state index >= 15 is 0 Å². The van der Waals surface area contributed by atoms with Crippen molar-refractivity contribution in [1.82, 2.24) is 4.90 Å². The number of hydrogen-bond acceptors (Lipinski definition) is 2. The second-order valence-corrected chi connectivity index (χ2v) is 4.62. The van der Waals surface area contributed by atoms with Gasteiger partial charge in [-0.05, 0) is 19.3 Å². The molecule has 0 N–H and O–H groups in total. The van der Waals surface area contributed by atoms with Crippen molar-refractivity contribution in [2.24, 2.45) is 5.41 Å². The zero-order chi connectivity index (χ0) is 10.0. The molecule has 80 valence electrons. The molecule has 1 saturated heterocycles. The van der Waals surface area contributed by atoms with Gasteiger partial charge in [0.15, 0.2) is 0 Å². The second kappa shape index (κ2) is 3.89. The van der Waals surface area contributed by atoms with Gasteiger partial charge < -0.3 is 9.64 Å². The van der Waals surface area contributed by atoms with E-state index < -0.39 is 0 Å². The summed E-state index contributed by atoms with van der Waals surface area (Å²) in [7, 11) is 0. The van der Waals surface area contributed by atoms with Crippen LogP contribution in [-0.2, 0) is 9.53 Å². The summed E-state index contributed by atoms with van der Waals surface area (Å²) in [5.74, 6) is 0.310. The SMILES string of the molecule is CCCC(=O)N1CCOCC2(CC2)C1. The molecule has 0 aromatic rings. The van der Waals surface area contributed by atoms with Crippen molar-refractivity contribution in [2.45, 2.75) is 32.6 Å². The van der Waals surface area contributed by atoms with Gasteiger partial charge >= 0.3 is 0 Å². The zero-order valence-corrected chi connectivity index (χ0v) is 8.92. The predicted molar refractivity (Wildman–Crippen MR) is 54.0 cm³/mol. The van der Waals surface area contributed by atoms with E-state index in [4.69, 9.17) is 4.74 Å². The second-order valence-electron chi connectivity index (χ2n) is 4.62. The largest absolute Gasteiger partial charge is 0.379 e. The van der Waals surface area contributed by atoms with Gasteiger partial charge in [-0.2, -0.15) is 0 Å². The summed E-state index contributed by atoms with van der Waals surface area (Å²) in [5.41, 5.74) is 0.347. The van der Waals surface area contributed by atoms with Crippen molar-refractivity contribution in [3.05, 3.63) is 0 Å². The molecule has 2 rings (SSSR count). The normalized spacial score (nSPS) is 24.8. The molecule has 1 saturated carbocycles. The highest BCUT2D eigenvalue weighted by Gasteiger charge is 2.46. The number of amides is 1. The predicted octanol–water partition coefficient (Wildman–Crippen LogP) is 1.43. The maximum atomic E-state index is 11.7. The van der Waals surface area contributed by atoms with E-state index in [1.807, 2.05) is 4.90 Å². The summed E-state index contributed by atoms with van der Waals surface area (Å²) in [5, 5.41) is 0. The molecule has 1 amide bonds. The van der Waals surface area contributed by atoms with Crippen LogP contribution in [0.25, 0.3) is 0 Å². The minimum absolute atomic E-state index is 0.310. The lowest BCUT2D eigenvalue weighted by atomic mass is 10.1. The first-order valence-corrected chi connectivity index (χ1v) is 5.61. The molecule has 0 aromatic carbocycles. The van der Waals surface area contributed by atoms with Crippen molar-refractivity contribution in [2.75, 3.05) is 26.3 Å². The Bertz CT molecular complexity index is 223. The molecule has 0 unspecified atom stereocenters. The average molecular weight is 197 g/mol. The molecular weight excluding hydrogens is 178 g/mol. The summed E-state index contributed by atoms with van der Waals surface area (Å²) in [6.45, 7) is 5.37. The lowest BCUT2D eigenvalue weighted by molar-refractivity contribution is -0.131. The van der Waals surface area contributed by atoms with Gasteiger partial charge in [0.2, 0.25) is 5.91 Å². The third kappa shape index (κ3) is 2.08. The van der Waals surface area contributed by atoms with Crippen LogP contribution in [0, 0.1) is 5.41 Å². The minimum Gasteiger partial charge on any atom is -0.379 e. The molecule has 0 bridgehead atoms. The van der Waals surface area contributed by atoms with Crippen molar-refractivity contribution in [3.8, 4) is 0 Å². The zero-order valence-electron chi connectivity index (χ0n) is 8.92. The van der Waals surface area contributed by atoms with E-state index in [9.17, 15) is 4.79 Å². The monoisotopic (exact) mass is 197 g/mol. The van der Waals surface area contributed by atoms with Crippen LogP contribution in [0.2, 0.25) is 0 Å². The number of rotatable bonds is 2. The van der Waals surface area contributed by atoms with E-state index in [-0.39, 0.29) is 0 Å². The fourth-order valence-corrected chi connectivity index (χ4v) is 2.06. The fraction of sp³-hybridized carbons (Fsp3) is 0.909. The van der Waals surface area contributed by atoms with Crippen LogP contribution in [0.4, 0.5) is 0 Å². The van der Waals surface area contributed by atoms with Crippen LogP contribution >= 0.6 is 0 Å². The highest BCUT2D eigenvalue weighted by molar-refractivity contribution is 5.76. The van der Waals surface area contributed by atoms with Crippen molar-refractivity contribution >= 4 is 5.91 Å². The minimum atomic E-state index is 0.310. The third-order valence-corrected chi connectivity index (χ3v) is 3.21. The summed E-state index contributed by atoms with van der Waals surface area (Å²) in [6, 6.07) is 0. The van der Waals surface area contributed by atoms with E-state index in [0.717, 1.165) is 32.7 Å². The Balaban J connectivity index is 1.93. The van der Waals surface area contributed by atoms with Gasteiger partial charge in [-0.1, -0.05) is 6.92 Å². The smallest absolute Gasteiger partial charge is 0.222 e. The summed E-state index contributed by atoms with van der Waals surface area (Å²) >= 11 is 0. The van der Waals surface area contributed by atoms with E-state index in [2.05, 4.69) is 6.92 Å². The van der Waals surface area contributed by atoms with Crippen molar-refractivity contribution in [1.29, 1.82) is 0 Å². The Morgan fingerprint density at radius 1 is 1.50 bits per heavy atom. The number of hydrogen-bond donors (Lipinski definition) is 0. The molecule has 14 heavy (non-hydrogen) atoms. The van der Waals surface area contributed by atoms with Crippen molar-refractivity contribution < 1.29 is 9.53 Å². The highest BCUT2D eigenvalue weighted by Crippen LogP contribution is 2.47. The topological polar surface area (TPSA) is 29.5 Å². The highest BCUT2D eigenvalue weighted by atomic mass is 16.5. The lowest BCUT2D eigenvalue weighted by Gasteiger charge is -2.23. The molecule has 2 aliphatic rings. The molecule has 3 nitrogen and oxygen atoms in total. The van der Waals surface area contributed by atoms with Gasteiger partial charge in [0.1, 0.15) is 0 Å². The van der Waals surface area contributed by atoms with Gasteiger partial charge in [-0.15, -0.1) is 0 Å². The van der Waals surface area contributed by atoms with Crippen LogP contribution in [-0.4, -0.2) is 37.1 Å². The van der Waals surface area contributed by atoms with E-state index in [0.29, 0.717) is 17.7 Å². The molecule has 0 radical (unpaired) electrons. The molecule has 1 heterocycles. The molecule has 3 heteroatoms. The Labute approximate surface area is 85.4 Å². The fourth-order valence-electron chi connectivity index (χ4n) is 2.06. The van der Waals surface area contributed by atoms with Gasteiger partial charge in [0.25, 0.3) is 0 Å². The Morgan fingerprint density at radius 2 is 2.29 bits per heavy atom. The standard InChI is InChI=1S/C11H19NO2/c1-2-3-10(13)12-6-7-14-9-11(8-12)4-5-11/h2-9H2,1H3. The summed E-state index contributed by atoms with van der Waals surface area (Å²) in [4.78, 5) is 13.7. The number of nitrogens with zero attached hydrogens (tertiary/aromatic N) is 1. The average Bonchev–Trinajstić information content (AvgIpc) is 2.95. The lowest BCUT2D eigenvalue weighted by Crippen LogP contribution is -2.36. The molecule has 1 aliphatic heterocycles. The maximum Gasteiger partial charge on any atom is 0.222 e. The third-order valence-electron chi connectivity index (χ3n) is 3.21. The van der Waals surface area contributed by atoms with Gasteiger partial charge in [-0.3, -0.25) is 4.79 Å². The Hall–Kier alpha value is -0.570. The molecule has 1 aliphatic carbocycles. The first-order valence-electron chi connectivity index (χ1n) is 5.61. The summed E-state index contributed by atoms with van der Waals surface area (Å²) in [6.07, 6.45) is 4.12. The van der Waals surface area contributed by atoms with E-state index in [1.54, 1.807) is 0 Å². The van der Waals surface area contributed by atoms with Gasteiger partial charge in [0, 0.05) is 24.9 Å². The Morgan fingerprint density at radius 3 is 2.93 bits per heavy atom. The molecule has 0 atom stereocenters. The van der Waals surface area contributed by atoms with Crippen LogP contribution in [0.3, 0.4) is 0 Å². The maximum absolute atomic E-state index is 11.7. The van der Waals surface area contributed by atoms with Crippen LogP contribution < -0.4 is 0 Å². The molecule has 2 fully saturated rings. The molecule has 0 aromatic heterocycles. The quantitative estimate of drug-likeness (QED) is 0.670. The number of carbonyl (C=O) groups is 1. The van der Waals surface area contributed by atoms with Gasteiger partial charge in [-0.25, -0.2) is 0 Å². The first-order chi connectivity index (χ1) is 6.76. The number of ether oxygens (including phenoxy) is 1. The number of carbonyl (C=O) groups excluding carboxylic acids is 1. The Kier molecular flexibility index (Phi) is 2.77. The van der Waals surface area contributed by atoms with Crippen LogP contribution in [0.15, 0.2) is 0 Å².